The van der Waals surface area contributed by atoms with Crippen LogP contribution in [0.25, 0.3) is 11.1 Å². The Morgan fingerprint density at radius 3 is 1.06 bits per heavy atom. The van der Waals surface area contributed by atoms with Crippen molar-refractivity contribution in [2.45, 2.75) is 19.6 Å². The monoisotopic (exact) mass is 1080 g/mol. The quantitative estimate of drug-likeness (QED) is 0.133. The van der Waals surface area contributed by atoms with E-state index in [1.165, 1.54) is 57.9 Å². The van der Waals surface area contributed by atoms with Gasteiger partial charge < -0.3 is 19.6 Å². The maximum atomic E-state index is 10.3. The van der Waals surface area contributed by atoms with Crippen molar-refractivity contribution in [3.8, 4) is 17.2 Å². The van der Waals surface area contributed by atoms with Gasteiger partial charge in [-0.15, -0.1) is 0 Å². The molecule has 0 bridgehead atoms. The number of anilines is 12. The van der Waals surface area contributed by atoms with Crippen LogP contribution in [0.5, 0.6) is 0 Å². The van der Waals surface area contributed by atoms with E-state index in [2.05, 4.69) is 299 Å². The Balaban J connectivity index is 0.997. The van der Waals surface area contributed by atoms with Crippen molar-refractivity contribution in [3.05, 3.63) is 291 Å². The second-order valence-electron chi connectivity index (χ2n) is 21.1. The van der Waals surface area contributed by atoms with Gasteiger partial charge in [0.2, 0.25) is 13.4 Å². The fourth-order valence-corrected chi connectivity index (χ4v) is 15.9. The number of fused-ring (bicyclic) bond motifs is 8. The van der Waals surface area contributed by atoms with Gasteiger partial charge in [0.05, 0.1) is 11.6 Å². The van der Waals surface area contributed by atoms with E-state index in [0.29, 0.717) is 5.56 Å². The summed E-state index contributed by atoms with van der Waals surface area (Å²) >= 11 is 3.79. The largest absolute Gasteiger partial charge is 0.311 e. The van der Waals surface area contributed by atoms with Crippen LogP contribution in [-0.4, -0.2) is 13.4 Å². The maximum absolute atomic E-state index is 10.3. The number of benzene rings is 12. The van der Waals surface area contributed by atoms with E-state index < -0.39 is 0 Å². The van der Waals surface area contributed by atoms with E-state index in [0.717, 1.165) is 73.8 Å². The van der Waals surface area contributed by atoms with Crippen LogP contribution in [-0.2, 0) is 0 Å². The summed E-state index contributed by atoms with van der Waals surface area (Å²) in [6, 6.07) is 106. The smallest absolute Gasteiger partial charge is 0.249 e. The van der Waals surface area contributed by atoms with Gasteiger partial charge in [0.1, 0.15) is 0 Å². The molecule has 5 nitrogen and oxygen atoms in total. The zero-order chi connectivity index (χ0) is 54.3. The standard InChI is InChI=1S/C73H47B2N5S2/c76-48-49-39-41-50(42-40-49)69-72-61(74-59-35-19-21-37-63(59)79(55-31-15-5-16-32-55)65-43-57(45-67(81-72)70(65)74)77(51-23-7-1-8-24-51)52-25-9-2-10-26-52)47-62-73(69)82-68-46-58(78(53-27-11-3-12-28-53)54-29-13-4-14-30-54)44-66-71(68)75(62)60-36-20-22-38-64(60)80(66)56-33-17-6-18-34-56/h1-47H. The zero-order valence-electron chi connectivity index (χ0n) is 44.3. The Hall–Kier alpha value is -9.84. The minimum absolute atomic E-state index is 0.117. The summed E-state index contributed by atoms with van der Waals surface area (Å²) in [5, 5.41) is 10.3. The summed E-state index contributed by atoms with van der Waals surface area (Å²) in [7, 11) is 0. The van der Waals surface area contributed by atoms with Crippen molar-refractivity contribution in [2.24, 2.45) is 0 Å². The first-order valence-electron chi connectivity index (χ1n) is 27.8. The second kappa shape index (κ2) is 19.8. The molecule has 0 saturated heterocycles. The predicted molar refractivity (Wildman–Crippen MR) is 346 cm³/mol. The van der Waals surface area contributed by atoms with Crippen LogP contribution < -0.4 is 52.4 Å². The Morgan fingerprint density at radius 2 is 0.683 bits per heavy atom. The number of nitriles is 1. The molecule has 0 spiro atoms. The average molecular weight is 1080 g/mol. The minimum Gasteiger partial charge on any atom is -0.311 e. The Bertz CT molecular complexity index is 4150. The van der Waals surface area contributed by atoms with E-state index in [-0.39, 0.29) is 13.4 Å². The average Bonchev–Trinajstić information content (AvgIpc) is 3.59. The van der Waals surface area contributed by atoms with Crippen molar-refractivity contribution in [1.82, 2.24) is 0 Å². The van der Waals surface area contributed by atoms with Crippen LogP contribution in [0.15, 0.2) is 305 Å². The Morgan fingerprint density at radius 1 is 0.329 bits per heavy atom. The third kappa shape index (κ3) is 7.74. The van der Waals surface area contributed by atoms with E-state index in [1.54, 1.807) is 0 Å². The highest BCUT2D eigenvalue weighted by Gasteiger charge is 2.47. The fraction of sp³-hybridized carbons (Fsp3) is 0. The first kappa shape index (κ1) is 48.1. The molecule has 0 aromatic heterocycles. The number of hydrogen-bond acceptors (Lipinski definition) is 7. The molecule has 0 amide bonds. The Kier molecular flexibility index (Phi) is 11.6. The SMILES string of the molecule is N#Cc1ccc(-c2c3c(cc4c2Sc2cc(N(c5ccccc5)c5ccccc5)cc5c2B4c2ccccc2N5c2ccccc2)B2c4ccccc4N(c4ccccc4)c4cc(N(c5ccccc5)c5ccccc5)cc(c42)S3)cc1. The van der Waals surface area contributed by atoms with Gasteiger partial charge in [-0.25, -0.2) is 0 Å². The summed E-state index contributed by atoms with van der Waals surface area (Å²) < 4.78 is 0. The van der Waals surface area contributed by atoms with Crippen molar-refractivity contribution < 1.29 is 0 Å². The highest BCUT2D eigenvalue weighted by atomic mass is 32.2. The highest BCUT2D eigenvalue weighted by Crippen LogP contribution is 2.53. The van der Waals surface area contributed by atoms with Crippen LogP contribution in [0.4, 0.5) is 68.2 Å². The van der Waals surface area contributed by atoms with Gasteiger partial charge in [0.25, 0.3) is 0 Å². The minimum atomic E-state index is -0.117. The van der Waals surface area contributed by atoms with Gasteiger partial charge in [0.15, 0.2) is 0 Å². The molecule has 4 aliphatic rings. The topological polar surface area (TPSA) is 36.8 Å². The van der Waals surface area contributed by atoms with E-state index in [9.17, 15) is 5.26 Å². The van der Waals surface area contributed by atoms with Crippen LogP contribution in [0.1, 0.15) is 5.56 Å². The highest BCUT2D eigenvalue weighted by molar-refractivity contribution is 8.01. The van der Waals surface area contributed by atoms with Crippen LogP contribution in [0, 0.1) is 11.3 Å². The molecule has 0 aliphatic carbocycles. The van der Waals surface area contributed by atoms with Crippen molar-refractivity contribution >= 4 is 138 Å². The third-order valence-electron chi connectivity index (χ3n) is 16.5. The summed E-state index contributed by atoms with van der Waals surface area (Å²) in [5.41, 5.74) is 23.9. The number of hydrogen-bond donors (Lipinski definition) is 0. The number of rotatable bonds is 9. The fourth-order valence-electron chi connectivity index (χ4n) is 13.1. The number of nitrogens with zero attached hydrogens (tertiary/aromatic N) is 5. The molecular weight excluding hydrogens is 1030 g/mol. The van der Waals surface area contributed by atoms with Crippen LogP contribution >= 0.6 is 23.5 Å². The van der Waals surface area contributed by atoms with Gasteiger partial charge in [-0.05, 0) is 149 Å². The molecule has 0 fully saturated rings. The van der Waals surface area contributed by atoms with Crippen molar-refractivity contribution in [3.63, 3.8) is 0 Å². The summed E-state index contributed by atoms with van der Waals surface area (Å²) in [6.45, 7) is -0.233. The van der Waals surface area contributed by atoms with E-state index in [1.807, 2.05) is 35.7 Å². The summed E-state index contributed by atoms with van der Waals surface area (Å²) in [5.74, 6) is 0. The molecule has 4 heterocycles. The zero-order valence-corrected chi connectivity index (χ0v) is 46.0. The van der Waals surface area contributed by atoms with Gasteiger partial charge >= 0.3 is 0 Å². The Labute approximate surface area is 487 Å². The third-order valence-corrected chi connectivity index (χ3v) is 18.9. The molecule has 4 aliphatic heterocycles. The van der Waals surface area contributed by atoms with Gasteiger partial charge in [0, 0.05) is 93.4 Å². The molecule has 16 rings (SSSR count). The summed E-state index contributed by atoms with van der Waals surface area (Å²) in [6.07, 6.45) is 0. The lowest BCUT2D eigenvalue weighted by atomic mass is 9.31. The molecule has 12 aromatic carbocycles. The van der Waals surface area contributed by atoms with Crippen LogP contribution in [0.2, 0.25) is 0 Å². The van der Waals surface area contributed by atoms with Crippen molar-refractivity contribution in [1.29, 1.82) is 5.26 Å². The molecule has 0 atom stereocenters. The van der Waals surface area contributed by atoms with Crippen LogP contribution in [0.3, 0.4) is 0 Å². The molecule has 0 saturated carbocycles. The molecule has 0 radical (unpaired) electrons. The van der Waals surface area contributed by atoms with Gasteiger partial charge in [-0.3, -0.25) is 0 Å². The molecule has 0 N–H and O–H groups in total. The predicted octanol–water partition coefficient (Wildman–Crippen LogP) is 15.7. The van der Waals surface area contributed by atoms with E-state index in [4.69, 9.17) is 0 Å². The lowest BCUT2D eigenvalue weighted by Gasteiger charge is -2.44. The molecular formula is C73H47B2N5S2. The molecule has 0 unspecified atom stereocenters. The van der Waals surface area contributed by atoms with E-state index >= 15 is 0 Å². The molecule has 382 valence electrons. The van der Waals surface area contributed by atoms with Crippen molar-refractivity contribution in [2.75, 3.05) is 19.6 Å². The normalized spacial score (nSPS) is 12.9. The number of para-hydroxylation sites is 8. The lowest BCUT2D eigenvalue weighted by molar-refractivity contribution is 1.22. The first-order chi connectivity index (χ1) is 40.7. The first-order valence-corrected chi connectivity index (χ1v) is 29.4. The molecule has 9 heteroatoms. The second-order valence-corrected chi connectivity index (χ2v) is 23.2. The van der Waals surface area contributed by atoms with Gasteiger partial charge in [-0.1, -0.05) is 198 Å². The van der Waals surface area contributed by atoms with Gasteiger partial charge in [-0.2, -0.15) is 5.26 Å². The summed E-state index contributed by atoms with van der Waals surface area (Å²) in [4.78, 5) is 14.7. The maximum Gasteiger partial charge on any atom is 0.249 e. The lowest BCUT2D eigenvalue weighted by Crippen LogP contribution is -2.64. The molecule has 82 heavy (non-hydrogen) atoms. The molecule has 12 aromatic rings.